The van der Waals surface area contributed by atoms with E-state index in [1.165, 1.54) is 30.3 Å². The zero-order chi connectivity index (χ0) is 27.4. The molecule has 0 spiro atoms. The number of halogens is 6. The molecular weight excluding hydrogens is 529 g/mol. The highest BCUT2D eigenvalue weighted by atomic mass is 35.5. The van der Waals surface area contributed by atoms with E-state index in [1.54, 1.807) is 36.4 Å². The lowest BCUT2D eigenvalue weighted by Crippen LogP contribution is -2.41. The molecule has 10 heteroatoms. The lowest BCUT2D eigenvalue weighted by molar-refractivity contribution is -0.253. The quantitative estimate of drug-likeness (QED) is 0.222. The fraction of sp³-hybridized carbons (Fsp3) is 0.179. The number of aliphatic hydroxyl groups excluding tert-OH is 1. The highest BCUT2D eigenvalue weighted by Crippen LogP contribution is 2.30. The molecule has 0 aliphatic carbocycles. The standard InChI is InChI=1S/C28H21ClF5NO3/c29-18-7-4-6-17(15-18)25(36)24(14-16-5-3-8-19(13-16)38-28(33,34)27(31)32)35-26(37)22-11-12-23(30)21-10-2-1-9-20(21)22/h1-13,15,24-25,27,36H,14H2,(H,35,37). The van der Waals surface area contributed by atoms with Gasteiger partial charge in [0, 0.05) is 16.0 Å². The number of benzene rings is 4. The number of ether oxygens (including phenoxy) is 1. The summed E-state index contributed by atoms with van der Waals surface area (Å²) in [6.07, 6.45) is -10.1. The maximum atomic E-state index is 14.3. The number of nitrogens with one attached hydrogen (secondary N) is 1. The average Bonchev–Trinajstić information content (AvgIpc) is 2.88. The Morgan fingerprint density at radius 1 is 0.947 bits per heavy atom. The smallest absolute Gasteiger partial charge is 0.428 e. The van der Waals surface area contributed by atoms with Gasteiger partial charge in [0.1, 0.15) is 11.6 Å². The second kappa shape index (κ2) is 11.4. The van der Waals surface area contributed by atoms with Gasteiger partial charge in [-0.15, -0.1) is 0 Å². The van der Waals surface area contributed by atoms with Gasteiger partial charge in [0.15, 0.2) is 0 Å². The van der Waals surface area contributed by atoms with Crippen LogP contribution in [0.2, 0.25) is 5.02 Å². The Hall–Kier alpha value is -3.69. The minimum atomic E-state index is -4.70. The van der Waals surface area contributed by atoms with Crippen LogP contribution >= 0.6 is 11.6 Å². The Labute approximate surface area is 219 Å². The van der Waals surface area contributed by atoms with Crippen LogP contribution in [-0.2, 0) is 6.42 Å². The number of carbonyl (C=O) groups is 1. The van der Waals surface area contributed by atoms with Crippen molar-refractivity contribution in [1.82, 2.24) is 5.32 Å². The van der Waals surface area contributed by atoms with E-state index < -0.39 is 42.2 Å². The second-order valence-electron chi connectivity index (χ2n) is 8.54. The summed E-state index contributed by atoms with van der Waals surface area (Å²) in [7, 11) is 0. The number of fused-ring (bicyclic) bond motifs is 1. The van der Waals surface area contributed by atoms with E-state index in [9.17, 15) is 31.9 Å². The minimum Gasteiger partial charge on any atom is -0.428 e. The van der Waals surface area contributed by atoms with Gasteiger partial charge >= 0.3 is 12.5 Å². The van der Waals surface area contributed by atoms with E-state index in [4.69, 9.17) is 11.6 Å². The van der Waals surface area contributed by atoms with Crippen LogP contribution in [0.3, 0.4) is 0 Å². The van der Waals surface area contributed by atoms with Crippen LogP contribution in [0.4, 0.5) is 22.0 Å². The first-order valence-corrected chi connectivity index (χ1v) is 11.8. The van der Waals surface area contributed by atoms with Crippen LogP contribution in [-0.4, -0.2) is 29.6 Å². The molecule has 0 aliphatic heterocycles. The Morgan fingerprint density at radius 3 is 2.37 bits per heavy atom. The van der Waals surface area contributed by atoms with Crippen LogP contribution in [0, 0.1) is 5.82 Å². The normalized spacial score (nSPS) is 13.4. The van der Waals surface area contributed by atoms with Gasteiger partial charge in [-0.25, -0.2) is 4.39 Å². The molecule has 0 heterocycles. The summed E-state index contributed by atoms with van der Waals surface area (Å²) >= 11 is 6.06. The van der Waals surface area contributed by atoms with E-state index in [0.29, 0.717) is 21.5 Å². The molecule has 0 aliphatic rings. The fourth-order valence-electron chi connectivity index (χ4n) is 4.06. The third kappa shape index (κ3) is 6.23. The highest BCUT2D eigenvalue weighted by molar-refractivity contribution is 6.30. The van der Waals surface area contributed by atoms with Gasteiger partial charge in [0.05, 0.1) is 12.1 Å². The van der Waals surface area contributed by atoms with Gasteiger partial charge < -0.3 is 15.2 Å². The van der Waals surface area contributed by atoms with Crippen LogP contribution in [0.5, 0.6) is 5.75 Å². The maximum Gasteiger partial charge on any atom is 0.461 e. The van der Waals surface area contributed by atoms with Gasteiger partial charge in [0.25, 0.3) is 5.91 Å². The Bertz CT molecular complexity index is 1450. The van der Waals surface area contributed by atoms with Crippen molar-refractivity contribution in [2.75, 3.05) is 0 Å². The summed E-state index contributed by atoms with van der Waals surface area (Å²) in [6.45, 7) is 0. The Balaban J connectivity index is 1.66. The summed E-state index contributed by atoms with van der Waals surface area (Å²) in [4.78, 5) is 13.3. The van der Waals surface area contributed by atoms with Crippen molar-refractivity contribution in [3.63, 3.8) is 0 Å². The largest absolute Gasteiger partial charge is 0.461 e. The number of alkyl halides is 4. The molecule has 0 radical (unpaired) electrons. The summed E-state index contributed by atoms with van der Waals surface area (Å²) in [5, 5.41) is 14.8. The Morgan fingerprint density at radius 2 is 1.66 bits per heavy atom. The molecule has 4 aromatic rings. The molecule has 0 saturated heterocycles. The van der Waals surface area contributed by atoms with Crippen molar-refractivity contribution in [1.29, 1.82) is 0 Å². The Kier molecular flexibility index (Phi) is 8.18. The molecule has 1 amide bonds. The lowest BCUT2D eigenvalue weighted by atomic mass is 9.95. The SMILES string of the molecule is O=C(NC(Cc1cccc(OC(F)(F)C(F)F)c1)C(O)c1cccc(Cl)c1)c1ccc(F)c2ccccc12. The van der Waals surface area contributed by atoms with Gasteiger partial charge in [-0.1, -0.05) is 60.1 Å². The molecule has 2 unspecified atom stereocenters. The highest BCUT2D eigenvalue weighted by Gasteiger charge is 2.44. The van der Waals surface area contributed by atoms with Crippen LogP contribution < -0.4 is 10.1 Å². The summed E-state index contributed by atoms with van der Waals surface area (Å²) < 4.78 is 70.5. The van der Waals surface area contributed by atoms with Crippen LogP contribution in [0.25, 0.3) is 10.8 Å². The number of aliphatic hydroxyl groups is 1. The first kappa shape index (κ1) is 27.3. The number of rotatable bonds is 9. The number of hydrogen-bond donors (Lipinski definition) is 2. The molecule has 198 valence electrons. The van der Waals surface area contributed by atoms with Crippen LogP contribution in [0.1, 0.15) is 27.6 Å². The lowest BCUT2D eigenvalue weighted by Gasteiger charge is -2.26. The van der Waals surface area contributed by atoms with Gasteiger partial charge in [-0.3, -0.25) is 4.79 Å². The molecule has 2 atom stereocenters. The summed E-state index contributed by atoms with van der Waals surface area (Å²) in [6, 6.07) is 19.2. The molecule has 0 fully saturated rings. The third-order valence-electron chi connectivity index (χ3n) is 5.87. The van der Waals surface area contributed by atoms with Crippen LogP contribution in [0.15, 0.2) is 84.9 Å². The zero-order valence-corrected chi connectivity index (χ0v) is 20.3. The van der Waals surface area contributed by atoms with Crippen molar-refractivity contribution in [3.05, 3.63) is 112 Å². The van der Waals surface area contributed by atoms with E-state index >= 15 is 0 Å². The number of amides is 1. The van der Waals surface area contributed by atoms with Gasteiger partial charge in [-0.05, 0) is 59.3 Å². The summed E-state index contributed by atoms with van der Waals surface area (Å²) in [5.74, 6) is -1.64. The average molecular weight is 550 g/mol. The molecule has 38 heavy (non-hydrogen) atoms. The number of hydrogen-bond acceptors (Lipinski definition) is 3. The molecule has 0 saturated carbocycles. The van der Waals surface area contributed by atoms with E-state index in [0.717, 1.165) is 18.2 Å². The van der Waals surface area contributed by atoms with E-state index in [1.807, 2.05) is 0 Å². The summed E-state index contributed by atoms with van der Waals surface area (Å²) in [5.41, 5.74) is 0.824. The topological polar surface area (TPSA) is 58.6 Å². The first-order chi connectivity index (χ1) is 18.0. The molecule has 0 aromatic heterocycles. The molecule has 4 nitrogen and oxygen atoms in total. The van der Waals surface area contributed by atoms with Crippen molar-refractivity contribution in [2.24, 2.45) is 0 Å². The fourth-order valence-corrected chi connectivity index (χ4v) is 4.26. The van der Waals surface area contributed by atoms with Crippen molar-refractivity contribution in [2.45, 2.75) is 31.1 Å². The first-order valence-electron chi connectivity index (χ1n) is 11.4. The van der Waals surface area contributed by atoms with Gasteiger partial charge in [-0.2, -0.15) is 17.6 Å². The van der Waals surface area contributed by atoms with Crippen molar-refractivity contribution >= 4 is 28.3 Å². The third-order valence-corrected chi connectivity index (χ3v) is 6.10. The van der Waals surface area contributed by atoms with Crippen molar-refractivity contribution < 1.29 is 36.6 Å². The molecule has 2 N–H and O–H groups in total. The maximum absolute atomic E-state index is 14.3. The molecule has 4 aromatic carbocycles. The van der Waals surface area contributed by atoms with E-state index in [-0.39, 0.29) is 17.4 Å². The second-order valence-corrected chi connectivity index (χ2v) is 8.97. The van der Waals surface area contributed by atoms with E-state index in [2.05, 4.69) is 10.1 Å². The molecule has 4 rings (SSSR count). The number of carbonyl (C=O) groups excluding carboxylic acids is 1. The monoisotopic (exact) mass is 549 g/mol. The minimum absolute atomic E-state index is 0.101. The predicted molar refractivity (Wildman–Crippen MR) is 133 cm³/mol. The zero-order valence-electron chi connectivity index (χ0n) is 19.6. The molecule has 0 bridgehead atoms. The molecular formula is C28H21ClF5NO3. The predicted octanol–water partition coefficient (Wildman–Crippen LogP) is 6.94. The van der Waals surface area contributed by atoms with Crippen molar-refractivity contribution in [3.8, 4) is 5.75 Å². The van der Waals surface area contributed by atoms with Gasteiger partial charge in [0.2, 0.25) is 0 Å².